The first-order valence-electron chi connectivity index (χ1n) is 12.8. The fourth-order valence-corrected chi connectivity index (χ4v) is 6.18. The minimum Gasteiger partial charge on any atom is -0.497 e. The van der Waals surface area contributed by atoms with Crippen LogP contribution in [0.25, 0.3) is 0 Å². The third-order valence-corrected chi connectivity index (χ3v) is 7.83. The summed E-state index contributed by atoms with van der Waals surface area (Å²) in [5.41, 5.74) is 0.500. The van der Waals surface area contributed by atoms with Crippen molar-refractivity contribution >= 4 is 23.4 Å². The van der Waals surface area contributed by atoms with E-state index in [2.05, 4.69) is 10.6 Å². The number of likely N-dealkylation sites (tertiary alicyclic amines) is 1. The molecule has 0 aliphatic carbocycles. The summed E-state index contributed by atoms with van der Waals surface area (Å²) >= 11 is 0. The van der Waals surface area contributed by atoms with E-state index in [4.69, 9.17) is 9.47 Å². The molecule has 3 N–H and O–H groups in total. The van der Waals surface area contributed by atoms with E-state index in [1.165, 1.54) is 0 Å². The average Bonchev–Trinajstić information content (AvgIpc) is 3.56. The van der Waals surface area contributed by atoms with E-state index < -0.39 is 29.6 Å². The number of methoxy groups -OCH3 is 1. The van der Waals surface area contributed by atoms with E-state index in [-0.39, 0.29) is 24.3 Å². The standard InChI is InChI=1S/C28H33N3O6/c1-36-20-11-9-19(10-12-20)30-26(34)24-28-14-13-21(37-28)22(23(28)27(35)31(24)15-5-6-16-32)25(33)29-17-18-7-3-2-4-8-18/h2-4,7-12,21-24,32H,5-6,13-17H2,1H3,(H,29,33)(H,30,34)/t21-,22+,23-,24?,28?/m0/s1. The minimum atomic E-state index is -1.05. The molecule has 37 heavy (non-hydrogen) atoms. The number of fused-ring (bicyclic) bond motifs is 1. The maximum absolute atomic E-state index is 13.8. The van der Waals surface area contributed by atoms with Crippen molar-refractivity contribution in [1.82, 2.24) is 10.2 Å². The molecule has 0 saturated carbocycles. The highest BCUT2D eigenvalue weighted by atomic mass is 16.5. The topological polar surface area (TPSA) is 117 Å². The molecule has 1 spiro atoms. The number of anilines is 1. The largest absolute Gasteiger partial charge is 0.497 e. The van der Waals surface area contributed by atoms with Crippen LogP contribution in [0.5, 0.6) is 5.75 Å². The second-order valence-corrected chi connectivity index (χ2v) is 9.94. The number of hydrogen-bond acceptors (Lipinski definition) is 6. The lowest BCUT2D eigenvalue weighted by atomic mass is 9.70. The highest BCUT2D eigenvalue weighted by molar-refractivity contribution is 6.03. The van der Waals surface area contributed by atoms with Gasteiger partial charge in [0.05, 0.1) is 25.0 Å². The van der Waals surface area contributed by atoms with E-state index >= 15 is 0 Å². The van der Waals surface area contributed by atoms with Gasteiger partial charge in [0.25, 0.3) is 0 Å². The van der Waals surface area contributed by atoms with Crippen molar-refractivity contribution in [2.24, 2.45) is 11.8 Å². The van der Waals surface area contributed by atoms with Crippen molar-refractivity contribution in [1.29, 1.82) is 0 Å². The summed E-state index contributed by atoms with van der Waals surface area (Å²) in [5, 5.41) is 15.2. The number of amides is 3. The molecule has 9 nitrogen and oxygen atoms in total. The summed E-state index contributed by atoms with van der Waals surface area (Å²) in [4.78, 5) is 42.5. The van der Waals surface area contributed by atoms with Gasteiger partial charge < -0.3 is 30.1 Å². The van der Waals surface area contributed by atoms with Gasteiger partial charge >= 0.3 is 0 Å². The molecule has 3 aliphatic rings. The van der Waals surface area contributed by atoms with Gasteiger partial charge in [-0.2, -0.15) is 0 Å². The quantitative estimate of drug-likeness (QED) is 0.424. The van der Waals surface area contributed by atoms with Crippen molar-refractivity contribution < 1.29 is 29.0 Å². The van der Waals surface area contributed by atoms with Crippen LogP contribution in [0.15, 0.2) is 54.6 Å². The molecule has 9 heteroatoms. The smallest absolute Gasteiger partial charge is 0.250 e. The van der Waals surface area contributed by atoms with Gasteiger partial charge in [-0.1, -0.05) is 30.3 Å². The van der Waals surface area contributed by atoms with E-state index in [9.17, 15) is 19.5 Å². The number of benzene rings is 2. The van der Waals surface area contributed by atoms with E-state index in [1.807, 2.05) is 30.3 Å². The van der Waals surface area contributed by atoms with Crippen LogP contribution in [0.1, 0.15) is 31.2 Å². The Balaban J connectivity index is 1.39. The molecule has 2 aromatic rings. The summed E-state index contributed by atoms with van der Waals surface area (Å²) < 4.78 is 11.6. The van der Waals surface area contributed by atoms with Gasteiger partial charge in [-0.25, -0.2) is 0 Å². The predicted octanol–water partition coefficient (Wildman–Crippen LogP) is 2.10. The molecule has 2 bridgehead atoms. The first-order valence-corrected chi connectivity index (χ1v) is 12.8. The van der Waals surface area contributed by atoms with E-state index in [1.54, 1.807) is 36.3 Å². The Morgan fingerprint density at radius 3 is 2.57 bits per heavy atom. The van der Waals surface area contributed by atoms with Crippen LogP contribution in [-0.4, -0.2) is 65.7 Å². The Kier molecular flexibility index (Phi) is 7.17. The van der Waals surface area contributed by atoms with Gasteiger partial charge in [-0.05, 0) is 55.5 Å². The summed E-state index contributed by atoms with van der Waals surface area (Å²) in [5.74, 6) is -1.49. The van der Waals surface area contributed by atoms with Crippen molar-refractivity contribution in [3.63, 3.8) is 0 Å². The van der Waals surface area contributed by atoms with Crippen LogP contribution in [0.2, 0.25) is 0 Å². The van der Waals surface area contributed by atoms with E-state index in [0.29, 0.717) is 50.2 Å². The number of nitrogens with zero attached hydrogens (tertiary/aromatic N) is 1. The molecule has 3 heterocycles. The first kappa shape index (κ1) is 25.2. The zero-order valence-electron chi connectivity index (χ0n) is 20.9. The SMILES string of the molecule is COc1ccc(NC(=O)C2N(CCCCO)C(=O)[C@@H]3[C@H](C(=O)NCc4ccccc4)[C@@H]4CCC23O4)cc1. The molecule has 3 amide bonds. The number of carbonyl (C=O) groups is 3. The number of hydrogen-bond donors (Lipinski definition) is 3. The van der Waals surface area contributed by atoms with Gasteiger partial charge in [-0.15, -0.1) is 0 Å². The van der Waals surface area contributed by atoms with Crippen LogP contribution >= 0.6 is 0 Å². The Morgan fingerprint density at radius 1 is 1.11 bits per heavy atom. The summed E-state index contributed by atoms with van der Waals surface area (Å²) in [6.45, 7) is 0.672. The molecule has 3 fully saturated rings. The van der Waals surface area contributed by atoms with Crippen molar-refractivity contribution in [2.75, 3.05) is 25.6 Å². The number of nitrogens with one attached hydrogen (secondary N) is 2. The van der Waals surface area contributed by atoms with Gasteiger partial charge in [0.15, 0.2) is 0 Å². The number of ether oxygens (including phenoxy) is 2. The molecule has 5 rings (SSSR count). The lowest BCUT2D eigenvalue weighted by molar-refractivity contribution is -0.141. The molecule has 0 aromatic heterocycles. The number of unbranched alkanes of at least 4 members (excludes halogenated alkanes) is 1. The van der Waals surface area contributed by atoms with Gasteiger partial charge in [-0.3, -0.25) is 14.4 Å². The molecule has 2 aromatic carbocycles. The highest BCUT2D eigenvalue weighted by Gasteiger charge is 2.74. The zero-order valence-corrected chi connectivity index (χ0v) is 20.9. The van der Waals surface area contributed by atoms with E-state index in [0.717, 1.165) is 5.56 Å². The van der Waals surface area contributed by atoms with Crippen molar-refractivity contribution in [2.45, 2.75) is 50.0 Å². The highest BCUT2D eigenvalue weighted by Crippen LogP contribution is 2.58. The molecular formula is C28H33N3O6. The van der Waals surface area contributed by atoms with Crippen LogP contribution in [0.3, 0.4) is 0 Å². The predicted molar refractivity (Wildman–Crippen MR) is 136 cm³/mol. The maximum atomic E-state index is 13.8. The minimum absolute atomic E-state index is 0.00239. The van der Waals surface area contributed by atoms with Gasteiger partial charge in [0.1, 0.15) is 17.4 Å². The number of carbonyl (C=O) groups excluding carboxylic acids is 3. The lowest BCUT2D eigenvalue weighted by Gasteiger charge is -2.33. The third-order valence-electron chi connectivity index (χ3n) is 7.83. The summed E-state index contributed by atoms with van der Waals surface area (Å²) in [6.07, 6.45) is 1.81. The second-order valence-electron chi connectivity index (χ2n) is 9.94. The summed E-state index contributed by atoms with van der Waals surface area (Å²) in [6, 6.07) is 15.7. The Hall–Kier alpha value is -3.43. The first-order chi connectivity index (χ1) is 18.0. The van der Waals surface area contributed by atoms with Gasteiger partial charge in [0.2, 0.25) is 17.7 Å². The molecule has 2 unspecified atom stereocenters. The average molecular weight is 508 g/mol. The van der Waals surface area contributed by atoms with Crippen LogP contribution in [-0.2, 0) is 25.7 Å². The molecular weight excluding hydrogens is 474 g/mol. The van der Waals surface area contributed by atoms with Crippen LogP contribution in [0, 0.1) is 11.8 Å². The fourth-order valence-electron chi connectivity index (χ4n) is 6.18. The third kappa shape index (κ3) is 4.57. The second kappa shape index (κ2) is 10.5. The molecule has 5 atom stereocenters. The maximum Gasteiger partial charge on any atom is 0.250 e. The van der Waals surface area contributed by atoms with Crippen molar-refractivity contribution in [3.05, 3.63) is 60.2 Å². The van der Waals surface area contributed by atoms with Gasteiger partial charge in [0, 0.05) is 25.4 Å². The summed E-state index contributed by atoms with van der Waals surface area (Å²) in [7, 11) is 1.57. The molecule has 3 aliphatic heterocycles. The monoisotopic (exact) mass is 507 g/mol. The fraction of sp³-hybridized carbons (Fsp3) is 0.464. The number of rotatable bonds is 10. The number of aliphatic hydroxyl groups excluding tert-OH is 1. The van der Waals surface area contributed by atoms with Crippen LogP contribution in [0.4, 0.5) is 5.69 Å². The number of aliphatic hydroxyl groups is 1. The Bertz CT molecular complexity index is 1140. The van der Waals surface area contributed by atoms with Crippen molar-refractivity contribution in [3.8, 4) is 5.75 Å². The Labute approximate surface area is 216 Å². The molecule has 0 radical (unpaired) electrons. The molecule has 196 valence electrons. The lowest BCUT2D eigenvalue weighted by Crippen LogP contribution is -2.53. The normalized spacial score (nSPS) is 27.7. The zero-order chi connectivity index (χ0) is 26.0. The Morgan fingerprint density at radius 2 is 1.86 bits per heavy atom. The molecule has 3 saturated heterocycles. The van der Waals surface area contributed by atoms with Crippen LogP contribution < -0.4 is 15.4 Å².